The van der Waals surface area contributed by atoms with E-state index in [1.54, 1.807) is 0 Å². The number of carboxylic acids is 1. The van der Waals surface area contributed by atoms with Gasteiger partial charge >= 0.3 is 0 Å². The van der Waals surface area contributed by atoms with E-state index in [4.69, 9.17) is 9.90 Å². The molecule has 4 heteroatoms. The predicted octanol–water partition coefficient (Wildman–Crippen LogP) is 0.684. The Hall–Kier alpha value is -0.198. The molecule has 0 aliphatic rings. The molecule has 58 valence electrons. The topological polar surface area (TPSA) is 54.4 Å². The van der Waals surface area contributed by atoms with Crippen LogP contribution >= 0.6 is 0 Å². The number of carbonyl (C=O) groups excluding carboxylic acids is 1. The molecule has 0 aliphatic heterocycles. The number of carboxylic acid groups (broad SMARTS) is 1. The van der Waals surface area contributed by atoms with E-state index in [0.29, 0.717) is 0 Å². The Morgan fingerprint density at radius 1 is 1.11 bits per heavy atom. The van der Waals surface area contributed by atoms with Gasteiger partial charge in [-0.2, -0.15) is 0 Å². The maximum atomic E-state index is 9.44. The third kappa shape index (κ3) is 6720. The number of carbonyl (C=O) groups is 2. The largest absolute Gasteiger partial charge is 0.481 e. The molecule has 0 unspecified atom stereocenters. The minimum absolute atomic E-state index is 0. The Labute approximate surface area is 68.1 Å². The van der Waals surface area contributed by atoms with Crippen molar-refractivity contribution in [2.75, 3.05) is 0 Å². The molecular weight excluding hydrogens is 214 g/mol. The van der Waals surface area contributed by atoms with Gasteiger partial charge in [0.1, 0.15) is 5.78 Å². The molecule has 0 aromatic carbocycles. The number of hydrogen-bond acceptors (Lipinski definition) is 2. The van der Waals surface area contributed by atoms with Crippen LogP contribution in [0, 0.1) is 0 Å². The van der Waals surface area contributed by atoms with Crippen LogP contribution in [0.5, 0.6) is 0 Å². The Morgan fingerprint density at radius 2 is 1.11 bits per heavy atom. The molecule has 0 bridgehead atoms. The van der Waals surface area contributed by atoms with E-state index < -0.39 is 5.97 Å². The molecule has 0 heterocycles. The van der Waals surface area contributed by atoms with Crippen molar-refractivity contribution < 1.29 is 35.1 Å². The molecule has 3 nitrogen and oxygen atoms in total. The molecule has 1 N–H and O–H groups in total. The molecule has 0 aliphatic carbocycles. The fourth-order valence-electron chi connectivity index (χ4n) is 0. The van der Waals surface area contributed by atoms with Gasteiger partial charge in [0.15, 0.2) is 0 Å². The third-order valence-electron chi connectivity index (χ3n) is 0. The van der Waals surface area contributed by atoms with Crippen LogP contribution in [-0.4, -0.2) is 16.9 Å². The molecule has 0 radical (unpaired) electrons. The summed E-state index contributed by atoms with van der Waals surface area (Å²) in [5.41, 5.74) is 0. The number of ketones is 1. The molecule has 0 spiro atoms. The molecule has 0 aromatic rings. The van der Waals surface area contributed by atoms with Crippen molar-refractivity contribution in [2.45, 2.75) is 20.8 Å². The van der Waals surface area contributed by atoms with Crippen LogP contribution in [0.25, 0.3) is 0 Å². The molecule has 0 rings (SSSR count). The summed E-state index contributed by atoms with van der Waals surface area (Å²) in [6, 6.07) is 0. The second kappa shape index (κ2) is 10.7. The Kier molecular flexibility index (Phi) is 19.0. The van der Waals surface area contributed by atoms with Crippen molar-refractivity contribution >= 4 is 11.8 Å². The van der Waals surface area contributed by atoms with Crippen molar-refractivity contribution in [2.24, 2.45) is 0 Å². The molecule has 9 heavy (non-hydrogen) atoms. The smallest absolute Gasteiger partial charge is 0.300 e. The van der Waals surface area contributed by atoms with Crippen LogP contribution in [0.1, 0.15) is 20.8 Å². The first-order valence-corrected chi connectivity index (χ1v) is 2.13. The van der Waals surface area contributed by atoms with Gasteiger partial charge < -0.3 is 9.90 Å². The van der Waals surface area contributed by atoms with Crippen LogP contribution in [0.4, 0.5) is 0 Å². The normalized spacial score (nSPS) is 5.67. The summed E-state index contributed by atoms with van der Waals surface area (Å²) in [6.45, 7) is 4.14. The SMILES string of the molecule is CC(=O)O.CC(C)=O.[Pd]. The number of rotatable bonds is 0. The van der Waals surface area contributed by atoms with Gasteiger partial charge in [-0.3, -0.25) is 4.79 Å². The summed E-state index contributed by atoms with van der Waals surface area (Å²) >= 11 is 0. The van der Waals surface area contributed by atoms with Gasteiger partial charge in [0, 0.05) is 27.3 Å². The van der Waals surface area contributed by atoms with Gasteiger partial charge in [0.05, 0.1) is 0 Å². The number of hydrogen-bond donors (Lipinski definition) is 1. The Morgan fingerprint density at radius 3 is 1.11 bits per heavy atom. The van der Waals surface area contributed by atoms with E-state index in [1.807, 2.05) is 0 Å². The summed E-state index contributed by atoms with van der Waals surface area (Å²) < 4.78 is 0. The maximum Gasteiger partial charge on any atom is 0.300 e. The van der Waals surface area contributed by atoms with Crippen LogP contribution in [0.2, 0.25) is 0 Å². The zero-order chi connectivity index (χ0) is 7.15. The third-order valence-corrected chi connectivity index (χ3v) is 0. The monoisotopic (exact) mass is 224 g/mol. The average Bonchev–Trinajstić information content (AvgIpc) is 1.25. The molecule has 0 fully saturated rings. The zero-order valence-corrected chi connectivity index (χ0v) is 7.13. The number of aliphatic carboxylic acids is 1. The van der Waals surface area contributed by atoms with E-state index in [0.717, 1.165) is 6.92 Å². The Bertz CT molecular complexity index is 70.2. The fourth-order valence-corrected chi connectivity index (χ4v) is 0. The van der Waals surface area contributed by atoms with Crippen LogP contribution in [0.15, 0.2) is 0 Å². The number of Topliss-reactive ketones (excluding diaryl/α,β-unsaturated/α-hetero) is 1. The fraction of sp³-hybridized carbons (Fsp3) is 0.600. The second-order valence-electron chi connectivity index (χ2n) is 1.43. The summed E-state index contributed by atoms with van der Waals surface area (Å²) in [7, 11) is 0. The van der Waals surface area contributed by atoms with Crippen LogP contribution < -0.4 is 0 Å². The van der Waals surface area contributed by atoms with Gasteiger partial charge in [-0.25, -0.2) is 0 Å². The van der Waals surface area contributed by atoms with Crippen LogP contribution in [0.3, 0.4) is 0 Å². The van der Waals surface area contributed by atoms with Crippen molar-refractivity contribution in [1.82, 2.24) is 0 Å². The van der Waals surface area contributed by atoms with Crippen LogP contribution in [-0.2, 0) is 30.0 Å². The second-order valence-corrected chi connectivity index (χ2v) is 1.43. The molecule has 0 aromatic heterocycles. The van der Waals surface area contributed by atoms with Gasteiger partial charge in [0.2, 0.25) is 0 Å². The van der Waals surface area contributed by atoms with E-state index in [-0.39, 0.29) is 26.2 Å². The van der Waals surface area contributed by atoms with E-state index >= 15 is 0 Å². The van der Waals surface area contributed by atoms with Crippen molar-refractivity contribution in [3.8, 4) is 0 Å². The molecule has 0 amide bonds. The molecule has 0 saturated carbocycles. The van der Waals surface area contributed by atoms with E-state index in [2.05, 4.69) is 0 Å². The minimum atomic E-state index is -0.833. The average molecular weight is 225 g/mol. The van der Waals surface area contributed by atoms with Crippen molar-refractivity contribution in [3.63, 3.8) is 0 Å². The summed E-state index contributed by atoms with van der Waals surface area (Å²) in [6.07, 6.45) is 0. The van der Waals surface area contributed by atoms with E-state index in [9.17, 15) is 4.79 Å². The molecule has 0 atom stereocenters. The molecule has 0 saturated heterocycles. The van der Waals surface area contributed by atoms with Crippen molar-refractivity contribution in [1.29, 1.82) is 0 Å². The first-order valence-electron chi connectivity index (χ1n) is 2.13. The summed E-state index contributed by atoms with van der Waals surface area (Å²) in [5, 5.41) is 7.42. The zero-order valence-electron chi connectivity index (χ0n) is 5.58. The van der Waals surface area contributed by atoms with Gasteiger partial charge in [-0.1, -0.05) is 0 Å². The van der Waals surface area contributed by atoms with Gasteiger partial charge in [0.25, 0.3) is 5.97 Å². The summed E-state index contributed by atoms with van der Waals surface area (Å²) in [4.78, 5) is 18.4. The molecular formula is C5H10O3Pd. The van der Waals surface area contributed by atoms with E-state index in [1.165, 1.54) is 13.8 Å². The quantitative estimate of drug-likeness (QED) is 0.616. The maximum absolute atomic E-state index is 9.44. The first kappa shape index (κ1) is 15.9. The Balaban J connectivity index is -0.0000000720. The minimum Gasteiger partial charge on any atom is -0.481 e. The standard InChI is InChI=1S/C3H6O.C2H4O2.Pd/c1-3(2)4;1-2(3)4;/h1-2H3;1H3,(H,3,4);. The summed E-state index contributed by atoms with van der Waals surface area (Å²) in [5.74, 6) is -0.667. The van der Waals surface area contributed by atoms with Gasteiger partial charge in [-0.05, 0) is 13.8 Å². The first-order chi connectivity index (χ1) is 3.46. The predicted molar refractivity (Wildman–Crippen MR) is 29.7 cm³/mol. The van der Waals surface area contributed by atoms with Gasteiger partial charge in [-0.15, -0.1) is 0 Å². The van der Waals surface area contributed by atoms with Crippen molar-refractivity contribution in [3.05, 3.63) is 0 Å².